The van der Waals surface area contributed by atoms with Crippen molar-refractivity contribution in [3.05, 3.63) is 42.4 Å². The Labute approximate surface area is 130 Å². The lowest BCUT2D eigenvalue weighted by Gasteiger charge is -2.33. The van der Waals surface area contributed by atoms with Gasteiger partial charge in [0.15, 0.2) is 5.82 Å². The van der Waals surface area contributed by atoms with Crippen molar-refractivity contribution in [2.24, 2.45) is 5.92 Å². The van der Waals surface area contributed by atoms with Crippen molar-refractivity contribution in [3.8, 4) is 5.82 Å². The van der Waals surface area contributed by atoms with Crippen molar-refractivity contribution in [1.82, 2.24) is 19.7 Å². The maximum Gasteiger partial charge on any atom is 0.393 e. The molecule has 2 aromatic rings. The minimum Gasteiger partial charge on any atom is -0.338 e. The molecule has 0 bridgehead atoms. The van der Waals surface area contributed by atoms with Gasteiger partial charge in [0.05, 0.1) is 11.5 Å². The molecule has 1 saturated heterocycles. The van der Waals surface area contributed by atoms with Gasteiger partial charge in [-0.1, -0.05) is 0 Å². The largest absolute Gasteiger partial charge is 0.393 e. The standard InChI is InChI=1S/C15H15F3N4O/c16-15(17,18)12-3-1-7-21(10-12)14(23)11-4-5-13(19-9-11)22-8-2-6-20-22/h2,4-6,8-9,12H,1,3,7,10H2/t12-/m1/s1. The quantitative estimate of drug-likeness (QED) is 0.853. The molecule has 3 rings (SSSR count). The van der Waals surface area contributed by atoms with Gasteiger partial charge in [-0.2, -0.15) is 18.3 Å². The van der Waals surface area contributed by atoms with Crippen LogP contribution in [-0.2, 0) is 0 Å². The van der Waals surface area contributed by atoms with Crippen LogP contribution in [0.5, 0.6) is 0 Å². The normalized spacial score (nSPS) is 18.9. The van der Waals surface area contributed by atoms with Crippen molar-refractivity contribution in [3.63, 3.8) is 0 Å². The number of halogens is 3. The Morgan fingerprint density at radius 1 is 1.30 bits per heavy atom. The topological polar surface area (TPSA) is 51.0 Å². The van der Waals surface area contributed by atoms with E-state index in [0.717, 1.165) is 0 Å². The molecule has 1 amide bonds. The molecule has 5 nitrogen and oxygen atoms in total. The Kier molecular flexibility index (Phi) is 4.06. The van der Waals surface area contributed by atoms with Crippen LogP contribution in [0, 0.1) is 5.92 Å². The number of piperidine rings is 1. The second-order valence-electron chi connectivity index (χ2n) is 5.49. The van der Waals surface area contributed by atoms with Crippen LogP contribution in [0.4, 0.5) is 13.2 Å². The van der Waals surface area contributed by atoms with E-state index in [1.807, 2.05) is 0 Å². The molecule has 0 saturated carbocycles. The number of carbonyl (C=O) groups excluding carboxylic acids is 1. The molecule has 2 aromatic heterocycles. The monoisotopic (exact) mass is 324 g/mol. The Balaban J connectivity index is 1.72. The van der Waals surface area contributed by atoms with Crippen LogP contribution in [0.1, 0.15) is 23.2 Å². The molecule has 1 atom stereocenters. The van der Waals surface area contributed by atoms with E-state index in [9.17, 15) is 18.0 Å². The van der Waals surface area contributed by atoms with Gasteiger partial charge in [0, 0.05) is 31.7 Å². The smallest absolute Gasteiger partial charge is 0.338 e. The average molecular weight is 324 g/mol. The summed E-state index contributed by atoms with van der Waals surface area (Å²) in [5.74, 6) is -1.33. The first-order chi connectivity index (χ1) is 10.9. The number of hydrogen-bond donors (Lipinski definition) is 0. The SMILES string of the molecule is O=C(c1ccc(-n2cccn2)nc1)N1CCC[C@@H](C(F)(F)F)C1. The van der Waals surface area contributed by atoms with Crippen LogP contribution in [0.25, 0.3) is 5.82 Å². The number of pyridine rings is 1. The summed E-state index contributed by atoms with van der Waals surface area (Å²) in [6.07, 6.45) is 0.852. The second kappa shape index (κ2) is 6.02. The number of aromatic nitrogens is 3. The van der Waals surface area contributed by atoms with E-state index in [1.54, 1.807) is 30.6 Å². The lowest BCUT2D eigenvalue weighted by molar-refractivity contribution is -0.184. The van der Waals surface area contributed by atoms with Gasteiger partial charge in [-0.3, -0.25) is 4.79 Å². The second-order valence-corrected chi connectivity index (χ2v) is 5.49. The van der Waals surface area contributed by atoms with Crippen molar-refractivity contribution in [2.75, 3.05) is 13.1 Å². The number of nitrogens with zero attached hydrogens (tertiary/aromatic N) is 4. The number of carbonyl (C=O) groups is 1. The third-order valence-electron chi connectivity index (χ3n) is 3.91. The maximum absolute atomic E-state index is 12.8. The number of alkyl halides is 3. The Morgan fingerprint density at radius 2 is 2.13 bits per heavy atom. The molecule has 0 aliphatic carbocycles. The minimum atomic E-state index is -4.26. The van der Waals surface area contributed by atoms with Crippen molar-refractivity contribution in [2.45, 2.75) is 19.0 Å². The van der Waals surface area contributed by atoms with Crippen LogP contribution >= 0.6 is 0 Å². The summed E-state index contributed by atoms with van der Waals surface area (Å²) in [5, 5.41) is 4.02. The van der Waals surface area contributed by atoms with Crippen molar-refractivity contribution in [1.29, 1.82) is 0 Å². The molecule has 1 fully saturated rings. The Bertz CT molecular complexity index is 667. The van der Waals surface area contributed by atoms with Gasteiger partial charge in [-0.15, -0.1) is 0 Å². The molecule has 3 heterocycles. The van der Waals surface area contributed by atoms with Gasteiger partial charge in [0.25, 0.3) is 5.91 Å². The number of hydrogen-bond acceptors (Lipinski definition) is 3. The first-order valence-electron chi connectivity index (χ1n) is 7.27. The molecular formula is C15H15F3N4O. The highest BCUT2D eigenvalue weighted by Crippen LogP contribution is 2.33. The molecular weight excluding hydrogens is 309 g/mol. The summed E-state index contributed by atoms with van der Waals surface area (Å²) in [6, 6.07) is 4.92. The molecule has 23 heavy (non-hydrogen) atoms. The molecule has 0 radical (unpaired) electrons. The Morgan fingerprint density at radius 3 is 2.74 bits per heavy atom. The minimum absolute atomic E-state index is 0.0732. The van der Waals surface area contributed by atoms with Gasteiger partial charge in [-0.25, -0.2) is 9.67 Å². The fourth-order valence-corrected chi connectivity index (χ4v) is 2.66. The van der Waals surface area contributed by atoms with Crippen molar-refractivity contribution < 1.29 is 18.0 Å². The van der Waals surface area contributed by atoms with Crippen LogP contribution in [0.3, 0.4) is 0 Å². The van der Waals surface area contributed by atoms with E-state index in [1.165, 1.54) is 15.8 Å². The zero-order valence-electron chi connectivity index (χ0n) is 12.2. The molecule has 0 aromatic carbocycles. The molecule has 122 valence electrons. The summed E-state index contributed by atoms with van der Waals surface area (Å²) in [5.41, 5.74) is 0.281. The van der Waals surface area contributed by atoms with Gasteiger partial charge in [0.1, 0.15) is 0 Å². The summed E-state index contributed by atoms with van der Waals surface area (Å²) < 4.78 is 40.0. The summed E-state index contributed by atoms with van der Waals surface area (Å²) in [6.45, 7) is 0.0512. The van der Waals surface area contributed by atoms with Crippen LogP contribution in [-0.4, -0.2) is 44.8 Å². The predicted molar refractivity (Wildman–Crippen MR) is 76.0 cm³/mol. The molecule has 0 spiro atoms. The van der Waals surface area contributed by atoms with Gasteiger partial charge in [0.2, 0.25) is 0 Å². The molecule has 1 aliphatic heterocycles. The number of rotatable bonds is 2. The zero-order chi connectivity index (χ0) is 16.4. The van der Waals surface area contributed by atoms with Crippen LogP contribution in [0.15, 0.2) is 36.8 Å². The first-order valence-corrected chi connectivity index (χ1v) is 7.27. The van der Waals surface area contributed by atoms with Crippen LogP contribution < -0.4 is 0 Å². The third-order valence-corrected chi connectivity index (χ3v) is 3.91. The molecule has 1 aliphatic rings. The molecule has 8 heteroatoms. The summed E-state index contributed by atoms with van der Waals surface area (Å²) in [7, 11) is 0. The highest BCUT2D eigenvalue weighted by atomic mass is 19.4. The summed E-state index contributed by atoms with van der Waals surface area (Å²) >= 11 is 0. The molecule has 0 N–H and O–H groups in total. The van der Waals surface area contributed by atoms with Crippen molar-refractivity contribution >= 4 is 5.91 Å². The number of likely N-dealkylation sites (tertiary alicyclic amines) is 1. The lowest BCUT2D eigenvalue weighted by Crippen LogP contribution is -2.44. The van der Waals surface area contributed by atoms with E-state index in [4.69, 9.17) is 0 Å². The number of amides is 1. The van der Waals surface area contributed by atoms with E-state index < -0.39 is 18.0 Å². The van der Waals surface area contributed by atoms with E-state index in [0.29, 0.717) is 18.8 Å². The third kappa shape index (κ3) is 3.35. The van der Waals surface area contributed by atoms with E-state index >= 15 is 0 Å². The highest BCUT2D eigenvalue weighted by Gasteiger charge is 2.42. The highest BCUT2D eigenvalue weighted by molar-refractivity contribution is 5.94. The average Bonchev–Trinajstić information content (AvgIpc) is 3.08. The van der Waals surface area contributed by atoms with Gasteiger partial charge in [-0.05, 0) is 31.0 Å². The summed E-state index contributed by atoms with van der Waals surface area (Å²) in [4.78, 5) is 17.8. The van der Waals surface area contributed by atoms with E-state index in [-0.39, 0.29) is 18.5 Å². The van der Waals surface area contributed by atoms with Gasteiger partial charge < -0.3 is 4.90 Å². The van der Waals surface area contributed by atoms with Gasteiger partial charge >= 0.3 is 6.18 Å². The zero-order valence-corrected chi connectivity index (χ0v) is 12.2. The molecule has 0 unspecified atom stereocenters. The fourth-order valence-electron chi connectivity index (χ4n) is 2.66. The predicted octanol–water partition coefficient (Wildman–Crippen LogP) is 2.68. The Hall–Kier alpha value is -2.38. The lowest BCUT2D eigenvalue weighted by atomic mass is 9.97. The first kappa shape index (κ1) is 15.5. The van der Waals surface area contributed by atoms with E-state index in [2.05, 4.69) is 10.1 Å². The van der Waals surface area contributed by atoms with Crippen LogP contribution in [0.2, 0.25) is 0 Å². The fraction of sp³-hybridized carbons (Fsp3) is 0.400. The maximum atomic E-state index is 12.8.